The second-order valence-corrected chi connectivity index (χ2v) is 7.24. The summed E-state index contributed by atoms with van der Waals surface area (Å²) in [5.74, 6) is 0.0948. The summed E-state index contributed by atoms with van der Waals surface area (Å²) in [6.07, 6.45) is 0. The topological polar surface area (TPSA) is 45.7 Å². The second kappa shape index (κ2) is 7.87. The lowest BCUT2D eigenvalue weighted by Crippen LogP contribution is -2.38. The zero-order valence-electron chi connectivity index (χ0n) is 14.0. The SMILES string of the molecule is COCCN(CC(=O)N(C)C)Cc1csc(C(C)(C)C)n1. The van der Waals surface area contributed by atoms with Gasteiger partial charge in [-0.3, -0.25) is 9.69 Å². The standard InChI is InChI=1S/C15H27N3O2S/c1-15(2,3)14-16-12(11-21-14)9-18(7-8-20-6)10-13(19)17(4)5/h11H,7-10H2,1-6H3. The van der Waals surface area contributed by atoms with Crippen LogP contribution in [0.25, 0.3) is 0 Å². The van der Waals surface area contributed by atoms with Gasteiger partial charge < -0.3 is 9.64 Å². The summed E-state index contributed by atoms with van der Waals surface area (Å²) in [5, 5.41) is 3.21. The van der Waals surface area contributed by atoms with E-state index in [2.05, 4.69) is 31.1 Å². The number of aromatic nitrogens is 1. The van der Waals surface area contributed by atoms with Crippen LogP contribution in [0, 0.1) is 0 Å². The first kappa shape index (κ1) is 18.1. The van der Waals surface area contributed by atoms with Crippen LogP contribution in [0.4, 0.5) is 0 Å². The van der Waals surface area contributed by atoms with E-state index in [0.29, 0.717) is 19.7 Å². The van der Waals surface area contributed by atoms with E-state index >= 15 is 0 Å². The number of thiazole rings is 1. The van der Waals surface area contributed by atoms with Crippen molar-refractivity contribution >= 4 is 17.2 Å². The van der Waals surface area contributed by atoms with Gasteiger partial charge in [-0.1, -0.05) is 20.8 Å². The molecule has 6 heteroatoms. The molecule has 0 saturated carbocycles. The molecule has 0 bridgehead atoms. The van der Waals surface area contributed by atoms with E-state index in [1.807, 2.05) is 0 Å². The molecule has 1 aromatic heterocycles. The number of methoxy groups -OCH3 is 1. The zero-order valence-corrected chi connectivity index (χ0v) is 14.8. The number of likely N-dealkylation sites (N-methyl/N-ethyl adjacent to an activating group) is 1. The molecule has 1 aromatic rings. The quantitative estimate of drug-likeness (QED) is 0.772. The Bertz CT molecular complexity index is 452. The fraction of sp³-hybridized carbons (Fsp3) is 0.733. The molecule has 1 amide bonds. The molecule has 0 unspecified atom stereocenters. The molecule has 120 valence electrons. The van der Waals surface area contributed by atoms with Crippen LogP contribution in [0.15, 0.2) is 5.38 Å². The fourth-order valence-electron chi connectivity index (χ4n) is 1.72. The van der Waals surface area contributed by atoms with E-state index in [1.165, 1.54) is 0 Å². The van der Waals surface area contributed by atoms with E-state index < -0.39 is 0 Å². The zero-order chi connectivity index (χ0) is 16.0. The van der Waals surface area contributed by atoms with Crippen molar-refractivity contribution in [3.05, 3.63) is 16.1 Å². The Hall–Kier alpha value is -0.980. The molecule has 0 N–H and O–H groups in total. The van der Waals surface area contributed by atoms with Crippen molar-refractivity contribution in [2.45, 2.75) is 32.7 Å². The Morgan fingerprint density at radius 2 is 2.05 bits per heavy atom. The van der Waals surface area contributed by atoms with E-state index in [1.54, 1.807) is 37.4 Å². The van der Waals surface area contributed by atoms with Crippen molar-refractivity contribution in [2.75, 3.05) is 40.9 Å². The highest BCUT2D eigenvalue weighted by molar-refractivity contribution is 7.09. The number of amides is 1. The van der Waals surface area contributed by atoms with Crippen LogP contribution in [-0.4, -0.2) is 61.6 Å². The maximum absolute atomic E-state index is 11.9. The summed E-state index contributed by atoms with van der Waals surface area (Å²) in [7, 11) is 5.22. The Morgan fingerprint density at radius 3 is 2.52 bits per heavy atom. The monoisotopic (exact) mass is 313 g/mol. The molecule has 0 radical (unpaired) electrons. The molecule has 21 heavy (non-hydrogen) atoms. The number of rotatable bonds is 7. The number of carbonyl (C=O) groups excluding carboxylic acids is 1. The molecule has 0 aromatic carbocycles. The van der Waals surface area contributed by atoms with Gasteiger partial charge in [-0.2, -0.15) is 0 Å². The fourth-order valence-corrected chi connectivity index (χ4v) is 2.62. The molecule has 0 spiro atoms. The van der Waals surface area contributed by atoms with Gasteiger partial charge in [0.1, 0.15) is 0 Å². The minimum absolute atomic E-state index is 0.0692. The Balaban J connectivity index is 2.71. The van der Waals surface area contributed by atoms with Gasteiger partial charge in [0.05, 0.1) is 23.9 Å². The van der Waals surface area contributed by atoms with E-state index in [0.717, 1.165) is 17.2 Å². The first-order chi connectivity index (χ1) is 9.74. The molecular formula is C15H27N3O2S. The molecule has 0 aliphatic carbocycles. The third kappa shape index (κ3) is 6.11. The minimum Gasteiger partial charge on any atom is -0.383 e. The number of ether oxygens (including phenoxy) is 1. The number of hydrogen-bond acceptors (Lipinski definition) is 5. The first-order valence-corrected chi connectivity index (χ1v) is 7.98. The smallest absolute Gasteiger partial charge is 0.236 e. The number of hydrogen-bond donors (Lipinski definition) is 0. The molecule has 1 rings (SSSR count). The van der Waals surface area contributed by atoms with Gasteiger partial charge >= 0.3 is 0 Å². The van der Waals surface area contributed by atoms with E-state index in [-0.39, 0.29) is 11.3 Å². The maximum atomic E-state index is 11.9. The van der Waals surface area contributed by atoms with Crippen LogP contribution in [-0.2, 0) is 21.5 Å². The van der Waals surface area contributed by atoms with Gasteiger partial charge in [-0.25, -0.2) is 4.98 Å². The molecule has 1 heterocycles. The maximum Gasteiger partial charge on any atom is 0.236 e. The second-order valence-electron chi connectivity index (χ2n) is 6.39. The predicted octanol–water partition coefficient (Wildman–Crippen LogP) is 1.98. The molecule has 0 atom stereocenters. The summed E-state index contributed by atoms with van der Waals surface area (Å²) in [5.41, 5.74) is 1.09. The van der Waals surface area contributed by atoms with Crippen LogP contribution in [0.2, 0.25) is 0 Å². The highest BCUT2D eigenvalue weighted by Crippen LogP contribution is 2.25. The molecule has 0 fully saturated rings. The third-order valence-electron chi connectivity index (χ3n) is 3.05. The minimum atomic E-state index is 0.0692. The Labute approximate surface area is 131 Å². The van der Waals surface area contributed by atoms with Crippen molar-refractivity contribution in [1.29, 1.82) is 0 Å². The summed E-state index contributed by atoms with van der Waals surface area (Å²) in [6, 6.07) is 0. The van der Waals surface area contributed by atoms with Crippen LogP contribution in [0.3, 0.4) is 0 Å². The van der Waals surface area contributed by atoms with Crippen molar-refractivity contribution < 1.29 is 9.53 Å². The number of carbonyl (C=O) groups is 1. The number of nitrogens with zero attached hydrogens (tertiary/aromatic N) is 3. The summed E-state index contributed by atoms with van der Waals surface area (Å²) in [6.45, 7) is 8.87. The van der Waals surface area contributed by atoms with Crippen molar-refractivity contribution in [3.8, 4) is 0 Å². The average molecular weight is 313 g/mol. The lowest BCUT2D eigenvalue weighted by Gasteiger charge is -2.22. The highest BCUT2D eigenvalue weighted by atomic mass is 32.1. The first-order valence-electron chi connectivity index (χ1n) is 7.10. The molecule has 5 nitrogen and oxygen atoms in total. The van der Waals surface area contributed by atoms with Gasteiger partial charge in [0.15, 0.2) is 0 Å². The van der Waals surface area contributed by atoms with Crippen LogP contribution in [0.1, 0.15) is 31.5 Å². The van der Waals surface area contributed by atoms with Gasteiger partial charge in [-0.05, 0) is 0 Å². The van der Waals surface area contributed by atoms with Crippen LogP contribution < -0.4 is 0 Å². The van der Waals surface area contributed by atoms with Gasteiger partial charge in [0, 0.05) is 45.1 Å². The highest BCUT2D eigenvalue weighted by Gasteiger charge is 2.19. The summed E-state index contributed by atoms with van der Waals surface area (Å²) >= 11 is 1.68. The molecular weight excluding hydrogens is 286 g/mol. The van der Waals surface area contributed by atoms with Crippen molar-refractivity contribution in [3.63, 3.8) is 0 Å². The summed E-state index contributed by atoms with van der Waals surface area (Å²) < 4.78 is 5.13. The Morgan fingerprint density at radius 1 is 1.38 bits per heavy atom. The largest absolute Gasteiger partial charge is 0.383 e. The van der Waals surface area contributed by atoms with Crippen molar-refractivity contribution in [2.24, 2.45) is 0 Å². The lowest BCUT2D eigenvalue weighted by molar-refractivity contribution is -0.130. The Kier molecular flexibility index (Phi) is 6.77. The molecule has 0 aliphatic heterocycles. The van der Waals surface area contributed by atoms with Crippen LogP contribution >= 0.6 is 11.3 Å². The van der Waals surface area contributed by atoms with Gasteiger partial charge in [0.2, 0.25) is 5.91 Å². The molecule has 0 aliphatic rings. The third-order valence-corrected chi connectivity index (χ3v) is 4.37. The lowest BCUT2D eigenvalue weighted by atomic mass is 9.98. The predicted molar refractivity (Wildman–Crippen MR) is 86.7 cm³/mol. The summed E-state index contributed by atoms with van der Waals surface area (Å²) in [4.78, 5) is 20.3. The van der Waals surface area contributed by atoms with E-state index in [9.17, 15) is 4.79 Å². The van der Waals surface area contributed by atoms with Gasteiger partial charge in [0.25, 0.3) is 0 Å². The normalized spacial score (nSPS) is 12.0. The van der Waals surface area contributed by atoms with Crippen LogP contribution in [0.5, 0.6) is 0 Å². The van der Waals surface area contributed by atoms with E-state index in [4.69, 9.17) is 9.72 Å². The van der Waals surface area contributed by atoms with Gasteiger partial charge in [-0.15, -0.1) is 11.3 Å². The molecule has 0 saturated heterocycles. The van der Waals surface area contributed by atoms with Crippen molar-refractivity contribution in [1.82, 2.24) is 14.8 Å². The average Bonchev–Trinajstić information content (AvgIpc) is 2.84.